The summed E-state index contributed by atoms with van der Waals surface area (Å²) < 4.78 is 0. The van der Waals surface area contributed by atoms with Gasteiger partial charge in [0.1, 0.15) is 0 Å². The van der Waals surface area contributed by atoms with Gasteiger partial charge >= 0.3 is 0 Å². The van der Waals surface area contributed by atoms with Crippen molar-refractivity contribution in [2.24, 2.45) is 5.92 Å². The number of nitrogens with one attached hydrogen (secondary N) is 1. The van der Waals surface area contributed by atoms with Gasteiger partial charge in [-0.1, -0.05) is 36.4 Å². The van der Waals surface area contributed by atoms with Gasteiger partial charge in [-0.15, -0.1) is 0 Å². The van der Waals surface area contributed by atoms with E-state index >= 15 is 0 Å². The zero-order valence-electron chi connectivity index (χ0n) is 14.2. The highest BCUT2D eigenvalue weighted by Gasteiger charge is 2.28. The van der Waals surface area contributed by atoms with Gasteiger partial charge < -0.3 is 10.2 Å². The Hall–Kier alpha value is -2.62. The molecule has 4 rings (SSSR count). The van der Waals surface area contributed by atoms with Gasteiger partial charge in [0.2, 0.25) is 11.8 Å². The minimum Gasteiger partial charge on any atom is -0.326 e. The second kappa shape index (κ2) is 6.71. The maximum atomic E-state index is 12.7. The van der Waals surface area contributed by atoms with Crippen molar-refractivity contribution >= 4 is 23.2 Å². The van der Waals surface area contributed by atoms with Crippen LogP contribution in [0.2, 0.25) is 0 Å². The number of aryl methyl sites for hydroxylation is 1. The number of carbonyl (C=O) groups is 2. The molecule has 1 atom stereocenters. The summed E-state index contributed by atoms with van der Waals surface area (Å²) in [6.07, 6.45) is 3.75. The van der Waals surface area contributed by atoms with E-state index in [9.17, 15) is 9.59 Å². The van der Waals surface area contributed by atoms with Crippen LogP contribution in [0.25, 0.3) is 0 Å². The molecule has 1 unspecified atom stereocenters. The lowest BCUT2D eigenvalue weighted by Gasteiger charge is -2.30. The van der Waals surface area contributed by atoms with E-state index in [1.807, 2.05) is 47.4 Å². The van der Waals surface area contributed by atoms with Crippen LogP contribution >= 0.6 is 0 Å². The second-order valence-electron chi connectivity index (χ2n) is 6.86. The predicted molar refractivity (Wildman–Crippen MR) is 98.6 cm³/mol. The van der Waals surface area contributed by atoms with Crippen molar-refractivity contribution in [2.45, 2.75) is 32.1 Å². The summed E-state index contributed by atoms with van der Waals surface area (Å²) in [5, 5.41) is 2.97. The molecule has 1 N–H and O–H groups in total. The van der Waals surface area contributed by atoms with E-state index < -0.39 is 0 Å². The Labute approximate surface area is 147 Å². The highest BCUT2D eigenvalue weighted by atomic mass is 16.2. The third-order valence-corrected chi connectivity index (χ3v) is 5.23. The number of benzene rings is 2. The van der Waals surface area contributed by atoms with Crippen LogP contribution in [0.5, 0.6) is 0 Å². The number of amides is 2. The number of rotatable bonds is 3. The van der Waals surface area contributed by atoms with Crippen molar-refractivity contribution in [1.29, 1.82) is 0 Å². The predicted octanol–water partition coefficient (Wildman–Crippen LogP) is 3.56. The number of para-hydroxylation sites is 2. The van der Waals surface area contributed by atoms with Gasteiger partial charge in [-0.3, -0.25) is 9.59 Å². The van der Waals surface area contributed by atoms with Crippen molar-refractivity contribution in [3.63, 3.8) is 0 Å². The first-order chi connectivity index (χ1) is 12.2. The summed E-state index contributed by atoms with van der Waals surface area (Å²) in [4.78, 5) is 27.0. The molecule has 0 bridgehead atoms. The Kier molecular flexibility index (Phi) is 4.26. The Morgan fingerprint density at radius 3 is 2.72 bits per heavy atom. The van der Waals surface area contributed by atoms with E-state index in [1.54, 1.807) is 0 Å². The topological polar surface area (TPSA) is 49.4 Å². The third-order valence-electron chi connectivity index (χ3n) is 5.23. The number of carbonyl (C=O) groups excluding carboxylic acids is 2. The van der Waals surface area contributed by atoms with Crippen molar-refractivity contribution in [3.8, 4) is 0 Å². The summed E-state index contributed by atoms with van der Waals surface area (Å²) in [6.45, 7) is 0.773. The minimum atomic E-state index is -0.126. The van der Waals surface area contributed by atoms with Crippen LogP contribution in [0, 0.1) is 5.92 Å². The van der Waals surface area contributed by atoms with E-state index in [4.69, 9.17) is 0 Å². The average Bonchev–Trinajstić information content (AvgIpc) is 2.65. The summed E-state index contributed by atoms with van der Waals surface area (Å²) in [5.74, 6) is 0.0308. The number of nitrogens with zero attached hydrogens (tertiary/aromatic N) is 1. The molecule has 0 fully saturated rings. The zero-order valence-corrected chi connectivity index (χ0v) is 14.2. The molecule has 0 saturated carbocycles. The highest BCUT2D eigenvalue weighted by Crippen LogP contribution is 2.30. The molecule has 2 amide bonds. The van der Waals surface area contributed by atoms with E-state index in [0.29, 0.717) is 19.3 Å². The molecule has 4 heteroatoms. The number of anilines is 2. The van der Waals surface area contributed by atoms with Crippen LogP contribution < -0.4 is 10.2 Å². The van der Waals surface area contributed by atoms with Crippen LogP contribution in [0.3, 0.4) is 0 Å². The molecule has 0 aliphatic carbocycles. The lowest BCUT2D eigenvalue weighted by Crippen LogP contribution is -2.36. The first kappa shape index (κ1) is 15.9. The molecule has 2 aromatic rings. The molecule has 2 heterocycles. The van der Waals surface area contributed by atoms with Gasteiger partial charge in [-0.2, -0.15) is 0 Å². The second-order valence-corrected chi connectivity index (χ2v) is 6.86. The fraction of sp³-hybridized carbons (Fsp3) is 0.333. The fourth-order valence-corrected chi connectivity index (χ4v) is 3.87. The molecule has 4 nitrogen and oxygen atoms in total. The summed E-state index contributed by atoms with van der Waals surface area (Å²) in [7, 11) is 0. The lowest BCUT2D eigenvalue weighted by molar-refractivity contribution is -0.121. The molecular weight excluding hydrogens is 312 g/mol. The van der Waals surface area contributed by atoms with Crippen molar-refractivity contribution < 1.29 is 9.59 Å². The summed E-state index contributed by atoms with van der Waals surface area (Å²) in [5.41, 5.74) is 4.34. The molecule has 25 heavy (non-hydrogen) atoms. The molecule has 2 aliphatic heterocycles. The number of fused-ring (bicyclic) bond motifs is 2. The van der Waals surface area contributed by atoms with Crippen LogP contribution in [-0.4, -0.2) is 18.4 Å². The maximum Gasteiger partial charge on any atom is 0.227 e. The fourth-order valence-electron chi connectivity index (χ4n) is 3.87. The minimum absolute atomic E-state index is 0.0329. The molecule has 0 aromatic heterocycles. The Morgan fingerprint density at radius 1 is 1.08 bits per heavy atom. The van der Waals surface area contributed by atoms with Crippen LogP contribution in [0.1, 0.15) is 30.4 Å². The van der Waals surface area contributed by atoms with Crippen LogP contribution in [-0.2, 0) is 22.4 Å². The summed E-state index contributed by atoms with van der Waals surface area (Å²) in [6, 6.07) is 16.0. The molecule has 0 spiro atoms. The molecular formula is C21H22N2O2. The highest BCUT2D eigenvalue weighted by molar-refractivity contribution is 5.97. The average molecular weight is 334 g/mol. The van der Waals surface area contributed by atoms with Gasteiger partial charge in [0, 0.05) is 30.3 Å². The third kappa shape index (κ3) is 3.16. The van der Waals surface area contributed by atoms with Crippen LogP contribution in [0.4, 0.5) is 11.4 Å². The van der Waals surface area contributed by atoms with Crippen LogP contribution in [0.15, 0.2) is 48.5 Å². The number of hydrogen-bond acceptors (Lipinski definition) is 2. The standard InChI is InChI=1S/C21H22N2O2/c24-20(23-13-5-8-15-6-2-4-10-19(15)23)12-11-17-14-16-7-1-3-9-18(16)22-21(17)25/h1-4,6-7,9-10,17H,5,8,11-14H2,(H,22,25). The molecule has 2 aromatic carbocycles. The van der Waals surface area contributed by atoms with Gasteiger partial charge in [-0.05, 0) is 48.9 Å². The zero-order chi connectivity index (χ0) is 17.2. The van der Waals surface area contributed by atoms with Gasteiger partial charge in [0.25, 0.3) is 0 Å². The molecule has 0 radical (unpaired) electrons. The largest absolute Gasteiger partial charge is 0.326 e. The monoisotopic (exact) mass is 334 g/mol. The van der Waals surface area contributed by atoms with Crippen molar-refractivity contribution in [2.75, 3.05) is 16.8 Å². The van der Waals surface area contributed by atoms with Gasteiger partial charge in [0.05, 0.1) is 0 Å². The normalized spacial score (nSPS) is 19.0. The molecule has 0 saturated heterocycles. The SMILES string of the molecule is O=C1Nc2ccccc2CC1CCC(=O)N1CCCc2ccccc21. The summed E-state index contributed by atoms with van der Waals surface area (Å²) >= 11 is 0. The van der Waals surface area contributed by atoms with Crippen molar-refractivity contribution in [1.82, 2.24) is 0 Å². The first-order valence-electron chi connectivity index (χ1n) is 8.99. The van der Waals surface area contributed by atoms with Gasteiger partial charge in [-0.25, -0.2) is 0 Å². The maximum absolute atomic E-state index is 12.7. The Morgan fingerprint density at radius 2 is 1.84 bits per heavy atom. The van der Waals surface area contributed by atoms with Crippen molar-refractivity contribution in [3.05, 3.63) is 59.7 Å². The van der Waals surface area contributed by atoms with E-state index in [1.165, 1.54) is 5.56 Å². The lowest BCUT2D eigenvalue weighted by atomic mass is 9.89. The van der Waals surface area contributed by atoms with E-state index in [-0.39, 0.29) is 17.7 Å². The first-order valence-corrected chi connectivity index (χ1v) is 8.99. The Bertz CT molecular complexity index is 815. The quantitative estimate of drug-likeness (QED) is 0.933. The number of hydrogen-bond donors (Lipinski definition) is 1. The van der Waals surface area contributed by atoms with Gasteiger partial charge in [0.15, 0.2) is 0 Å². The van der Waals surface area contributed by atoms with E-state index in [2.05, 4.69) is 11.4 Å². The Balaban J connectivity index is 1.42. The molecule has 2 aliphatic rings. The smallest absolute Gasteiger partial charge is 0.227 e. The van der Waals surface area contributed by atoms with E-state index in [0.717, 1.165) is 36.3 Å². The molecule has 128 valence electrons.